The van der Waals surface area contributed by atoms with E-state index in [2.05, 4.69) is 30.8 Å². The molecule has 11 heavy (non-hydrogen) atoms. The average molecular weight is 151 g/mol. The Morgan fingerprint density at radius 3 is 2.64 bits per heavy atom. The first-order valence-corrected chi connectivity index (χ1v) is 2.60. The molecule has 0 amide bonds. The predicted molar refractivity (Wildman–Crippen MR) is 35.7 cm³/mol. The van der Waals surface area contributed by atoms with Crippen LogP contribution < -0.4 is 6.15 Å². The van der Waals surface area contributed by atoms with E-state index in [0.717, 1.165) is 0 Å². The SMILES string of the molecule is N.c1cc2nnnnc2nn1. The summed E-state index contributed by atoms with van der Waals surface area (Å²) >= 11 is 0. The van der Waals surface area contributed by atoms with Crippen LogP contribution in [-0.2, 0) is 0 Å². The highest BCUT2D eigenvalue weighted by Gasteiger charge is 1.93. The lowest BCUT2D eigenvalue weighted by atomic mass is 10.5. The molecule has 7 nitrogen and oxygen atoms in total. The molecule has 0 saturated carbocycles. The van der Waals surface area contributed by atoms with Crippen molar-refractivity contribution in [1.82, 2.24) is 37.0 Å². The lowest BCUT2D eigenvalue weighted by molar-refractivity contribution is 0.783. The van der Waals surface area contributed by atoms with Gasteiger partial charge in [-0.05, 0) is 16.5 Å². The molecule has 0 aromatic carbocycles. The summed E-state index contributed by atoms with van der Waals surface area (Å²) < 4.78 is 0. The van der Waals surface area contributed by atoms with Crippen molar-refractivity contribution < 1.29 is 0 Å². The summed E-state index contributed by atoms with van der Waals surface area (Å²) in [5.41, 5.74) is 1.02. The van der Waals surface area contributed by atoms with Crippen molar-refractivity contribution in [2.75, 3.05) is 0 Å². The maximum atomic E-state index is 3.66. The molecule has 2 heterocycles. The Kier molecular flexibility index (Phi) is 1.93. The second kappa shape index (κ2) is 2.88. The van der Waals surface area contributed by atoms with Crippen LogP contribution in [0.25, 0.3) is 11.2 Å². The van der Waals surface area contributed by atoms with E-state index in [-0.39, 0.29) is 6.15 Å². The summed E-state index contributed by atoms with van der Waals surface area (Å²) in [5.74, 6) is 0. The Bertz CT molecular complexity index is 281. The van der Waals surface area contributed by atoms with Gasteiger partial charge in [-0.15, -0.1) is 15.3 Å². The molecule has 2 aromatic rings. The van der Waals surface area contributed by atoms with Gasteiger partial charge in [0.15, 0.2) is 0 Å². The maximum Gasteiger partial charge on any atom is 0.225 e. The molecule has 3 N–H and O–H groups in total. The highest BCUT2D eigenvalue weighted by Crippen LogP contribution is 1.95. The summed E-state index contributed by atoms with van der Waals surface area (Å²) in [5, 5.41) is 21.1. The molecule has 0 saturated heterocycles. The van der Waals surface area contributed by atoms with Gasteiger partial charge in [0.2, 0.25) is 5.65 Å². The van der Waals surface area contributed by atoms with Crippen molar-refractivity contribution in [2.24, 2.45) is 0 Å². The number of nitrogens with zero attached hydrogens (tertiary/aromatic N) is 6. The zero-order chi connectivity index (χ0) is 6.81. The highest BCUT2D eigenvalue weighted by atomic mass is 15.4. The van der Waals surface area contributed by atoms with Gasteiger partial charge in [-0.3, -0.25) is 0 Å². The van der Waals surface area contributed by atoms with Crippen LogP contribution in [0.2, 0.25) is 0 Å². The zero-order valence-corrected chi connectivity index (χ0v) is 5.55. The van der Waals surface area contributed by atoms with Crippen molar-refractivity contribution in [1.29, 1.82) is 0 Å². The summed E-state index contributed by atoms with van der Waals surface area (Å²) in [6.45, 7) is 0. The molecular formula is C4H5N7. The number of hydrogen-bond acceptors (Lipinski definition) is 7. The molecule has 0 atom stereocenters. The van der Waals surface area contributed by atoms with E-state index in [1.807, 2.05) is 0 Å². The smallest absolute Gasteiger partial charge is 0.225 e. The molecular weight excluding hydrogens is 146 g/mol. The number of fused-ring (bicyclic) bond motifs is 1. The van der Waals surface area contributed by atoms with Crippen LogP contribution >= 0.6 is 0 Å². The van der Waals surface area contributed by atoms with Crippen LogP contribution in [0.3, 0.4) is 0 Å². The Morgan fingerprint density at radius 2 is 1.82 bits per heavy atom. The van der Waals surface area contributed by atoms with E-state index in [4.69, 9.17) is 0 Å². The lowest BCUT2D eigenvalue weighted by Crippen LogP contribution is -1.94. The number of aromatic nitrogens is 6. The summed E-state index contributed by atoms with van der Waals surface area (Å²) in [6, 6.07) is 1.67. The van der Waals surface area contributed by atoms with Gasteiger partial charge in [0, 0.05) is 0 Å². The summed E-state index contributed by atoms with van der Waals surface area (Å²) in [4.78, 5) is 0. The molecule has 2 aromatic heterocycles. The molecule has 0 bridgehead atoms. The first-order chi connectivity index (χ1) is 4.97. The van der Waals surface area contributed by atoms with Gasteiger partial charge in [-0.25, -0.2) is 0 Å². The molecule has 0 radical (unpaired) electrons. The third-order valence-electron chi connectivity index (χ3n) is 1.01. The van der Waals surface area contributed by atoms with Crippen molar-refractivity contribution >= 4 is 11.2 Å². The van der Waals surface area contributed by atoms with Crippen LogP contribution in [0, 0.1) is 0 Å². The monoisotopic (exact) mass is 151 g/mol. The fraction of sp³-hybridized carbons (Fsp3) is 0. The second-order valence-corrected chi connectivity index (χ2v) is 1.62. The fourth-order valence-corrected chi connectivity index (χ4v) is 0.598. The molecule has 0 aliphatic carbocycles. The molecule has 7 heteroatoms. The average Bonchev–Trinajstić information content (AvgIpc) is 2.05. The molecule has 56 valence electrons. The van der Waals surface area contributed by atoms with E-state index >= 15 is 0 Å². The van der Waals surface area contributed by atoms with E-state index in [1.54, 1.807) is 6.07 Å². The number of rotatable bonds is 0. The maximum absolute atomic E-state index is 3.66. The highest BCUT2D eigenvalue weighted by molar-refractivity contribution is 5.65. The minimum Gasteiger partial charge on any atom is -0.344 e. The normalized spacial score (nSPS) is 9.09. The van der Waals surface area contributed by atoms with E-state index in [1.165, 1.54) is 6.20 Å². The quantitative estimate of drug-likeness (QED) is 0.533. The molecule has 0 fully saturated rings. The van der Waals surface area contributed by atoms with Crippen molar-refractivity contribution in [2.45, 2.75) is 0 Å². The Labute approximate surface area is 61.4 Å². The molecule has 0 unspecified atom stereocenters. The van der Waals surface area contributed by atoms with Crippen LogP contribution in [0.5, 0.6) is 0 Å². The van der Waals surface area contributed by atoms with Crippen molar-refractivity contribution in [3.63, 3.8) is 0 Å². The Balaban J connectivity index is 0.000000605. The zero-order valence-electron chi connectivity index (χ0n) is 5.55. The van der Waals surface area contributed by atoms with Gasteiger partial charge < -0.3 is 6.15 Å². The first-order valence-electron chi connectivity index (χ1n) is 2.60. The van der Waals surface area contributed by atoms with Crippen molar-refractivity contribution in [3.05, 3.63) is 12.3 Å². The Hall–Kier alpha value is -1.76. The van der Waals surface area contributed by atoms with Gasteiger partial charge in [0.25, 0.3) is 0 Å². The number of hydrogen-bond donors (Lipinski definition) is 1. The third kappa shape index (κ3) is 1.22. The summed E-state index contributed by atoms with van der Waals surface area (Å²) in [7, 11) is 0. The van der Waals surface area contributed by atoms with Gasteiger partial charge in [0.05, 0.1) is 6.20 Å². The minimum atomic E-state index is 0. The molecule has 0 spiro atoms. The van der Waals surface area contributed by atoms with E-state index in [9.17, 15) is 0 Å². The van der Waals surface area contributed by atoms with Crippen LogP contribution in [0.1, 0.15) is 0 Å². The van der Waals surface area contributed by atoms with E-state index in [0.29, 0.717) is 11.2 Å². The molecule has 0 aliphatic rings. The molecule has 2 rings (SSSR count). The van der Waals surface area contributed by atoms with E-state index < -0.39 is 0 Å². The minimum absolute atomic E-state index is 0. The topological polar surface area (TPSA) is 112 Å². The standard InChI is InChI=1S/C4H2N6.H3N/c1-2-5-7-4-3(1)6-9-10-8-4;/h1-2H;1H3. The Morgan fingerprint density at radius 1 is 1.00 bits per heavy atom. The third-order valence-corrected chi connectivity index (χ3v) is 1.01. The van der Waals surface area contributed by atoms with Gasteiger partial charge in [0.1, 0.15) is 5.52 Å². The summed E-state index contributed by atoms with van der Waals surface area (Å²) in [6.07, 6.45) is 1.53. The first kappa shape index (κ1) is 7.35. The van der Waals surface area contributed by atoms with Crippen LogP contribution in [0.4, 0.5) is 0 Å². The van der Waals surface area contributed by atoms with Crippen LogP contribution in [0.15, 0.2) is 12.3 Å². The van der Waals surface area contributed by atoms with Gasteiger partial charge >= 0.3 is 0 Å². The fourth-order valence-electron chi connectivity index (χ4n) is 0.598. The predicted octanol–water partition coefficient (Wildman–Crippen LogP) is -0.628. The molecule has 0 aliphatic heterocycles. The van der Waals surface area contributed by atoms with Crippen LogP contribution in [-0.4, -0.2) is 30.8 Å². The largest absolute Gasteiger partial charge is 0.344 e. The lowest BCUT2D eigenvalue weighted by Gasteiger charge is -1.85. The van der Waals surface area contributed by atoms with Crippen molar-refractivity contribution in [3.8, 4) is 0 Å². The second-order valence-electron chi connectivity index (χ2n) is 1.62. The van der Waals surface area contributed by atoms with Gasteiger partial charge in [-0.2, -0.15) is 5.10 Å². The van der Waals surface area contributed by atoms with Gasteiger partial charge in [-0.1, -0.05) is 0 Å².